The number of furan rings is 1. The van der Waals surface area contributed by atoms with Crippen LogP contribution in [0.1, 0.15) is 23.0 Å². The van der Waals surface area contributed by atoms with Gasteiger partial charge < -0.3 is 39.2 Å². The summed E-state index contributed by atoms with van der Waals surface area (Å²) in [6, 6.07) is 8.40. The van der Waals surface area contributed by atoms with Crippen molar-refractivity contribution < 1.29 is 32.3 Å². The standard InChI is InChI=1S/C33H36F2N6O5/c1-7-27(42)38-22-15-19(41-13-11-40(8-2)12-14-41)9-10-21(22)37-26-16-20-25(18-36-26)46-33(31(20)39(3)4)32(43)28-29(34)23(44-5)17-24(45-6)30(28)35/h7,9-10,15-18H,1,8,11-14H2,2-6H3,(H,36,37)(H,38,42). The first-order chi connectivity index (χ1) is 22.1. The van der Waals surface area contributed by atoms with Crippen molar-refractivity contribution in [1.29, 1.82) is 0 Å². The molecule has 3 heterocycles. The fraction of sp³-hybridized carbons (Fsp3) is 0.303. The highest BCUT2D eigenvalue weighted by Gasteiger charge is 2.32. The van der Waals surface area contributed by atoms with Gasteiger partial charge in [0.15, 0.2) is 34.5 Å². The molecule has 2 aromatic heterocycles. The van der Waals surface area contributed by atoms with Gasteiger partial charge in [0, 0.05) is 57.4 Å². The van der Waals surface area contributed by atoms with Gasteiger partial charge in [-0.1, -0.05) is 13.5 Å². The molecular formula is C33H36F2N6O5. The first-order valence-corrected chi connectivity index (χ1v) is 14.7. The summed E-state index contributed by atoms with van der Waals surface area (Å²) in [4.78, 5) is 36.7. The highest BCUT2D eigenvalue weighted by molar-refractivity contribution is 6.15. The lowest BCUT2D eigenvalue weighted by molar-refractivity contribution is -0.111. The molecule has 1 aliphatic rings. The van der Waals surface area contributed by atoms with Gasteiger partial charge in [0.25, 0.3) is 0 Å². The Hall–Kier alpha value is -5.17. The molecular weight excluding hydrogens is 598 g/mol. The molecule has 11 nitrogen and oxygen atoms in total. The van der Waals surface area contributed by atoms with E-state index in [2.05, 4.69) is 38.9 Å². The Morgan fingerprint density at radius 3 is 2.30 bits per heavy atom. The first kappa shape index (κ1) is 32.2. The number of ketones is 1. The normalized spacial score (nSPS) is 13.4. The predicted molar refractivity (Wildman–Crippen MR) is 174 cm³/mol. The van der Waals surface area contributed by atoms with E-state index in [1.807, 2.05) is 18.2 Å². The van der Waals surface area contributed by atoms with E-state index in [9.17, 15) is 9.59 Å². The fourth-order valence-electron chi connectivity index (χ4n) is 5.44. The zero-order chi connectivity index (χ0) is 33.1. The summed E-state index contributed by atoms with van der Waals surface area (Å²) in [6.45, 7) is 10.3. The van der Waals surface area contributed by atoms with Gasteiger partial charge in [0.05, 0.1) is 37.5 Å². The molecule has 5 rings (SSSR count). The Balaban J connectivity index is 1.52. The van der Waals surface area contributed by atoms with Crippen molar-refractivity contribution in [2.45, 2.75) is 6.92 Å². The number of nitrogens with one attached hydrogen (secondary N) is 2. The number of methoxy groups -OCH3 is 2. The van der Waals surface area contributed by atoms with Crippen LogP contribution in [-0.2, 0) is 4.79 Å². The Kier molecular flexibility index (Phi) is 9.42. The number of halogens is 2. The van der Waals surface area contributed by atoms with Crippen molar-refractivity contribution in [3.63, 3.8) is 0 Å². The second-order valence-corrected chi connectivity index (χ2v) is 10.8. The van der Waals surface area contributed by atoms with E-state index in [0.717, 1.165) is 44.5 Å². The second-order valence-electron chi connectivity index (χ2n) is 10.8. The first-order valence-electron chi connectivity index (χ1n) is 14.7. The van der Waals surface area contributed by atoms with Crippen LogP contribution >= 0.6 is 0 Å². The van der Waals surface area contributed by atoms with Crippen molar-refractivity contribution in [1.82, 2.24) is 9.88 Å². The minimum Gasteiger partial charge on any atom is -0.494 e. The predicted octanol–water partition coefficient (Wildman–Crippen LogP) is 5.43. The molecule has 0 unspecified atom stereocenters. The number of carbonyl (C=O) groups is 2. The van der Waals surface area contributed by atoms with Crippen molar-refractivity contribution in [2.24, 2.45) is 0 Å². The summed E-state index contributed by atoms with van der Waals surface area (Å²) in [6.07, 6.45) is 2.60. The van der Waals surface area contributed by atoms with Crippen LogP contribution in [0.5, 0.6) is 11.5 Å². The van der Waals surface area contributed by atoms with E-state index in [0.29, 0.717) is 22.6 Å². The minimum atomic E-state index is -1.18. The number of pyridine rings is 1. The lowest BCUT2D eigenvalue weighted by atomic mass is 10.0. The second kappa shape index (κ2) is 13.4. The summed E-state index contributed by atoms with van der Waals surface area (Å²) >= 11 is 0. The molecule has 1 saturated heterocycles. The molecule has 0 aliphatic carbocycles. The van der Waals surface area contributed by atoms with E-state index < -0.39 is 23.0 Å². The maximum Gasteiger partial charge on any atom is 0.247 e. The van der Waals surface area contributed by atoms with E-state index in [-0.39, 0.29) is 34.4 Å². The monoisotopic (exact) mass is 634 g/mol. The molecule has 1 fully saturated rings. The van der Waals surface area contributed by atoms with Gasteiger partial charge in [-0.05, 0) is 36.9 Å². The topological polar surface area (TPSA) is 112 Å². The Morgan fingerprint density at radius 2 is 1.72 bits per heavy atom. The van der Waals surface area contributed by atoms with Crippen LogP contribution in [0.15, 0.2) is 53.6 Å². The maximum atomic E-state index is 15.3. The molecule has 46 heavy (non-hydrogen) atoms. The average Bonchev–Trinajstić information content (AvgIpc) is 3.45. The van der Waals surface area contributed by atoms with Gasteiger partial charge in [-0.3, -0.25) is 9.59 Å². The number of benzene rings is 2. The smallest absolute Gasteiger partial charge is 0.247 e. The number of aromatic nitrogens is 1. The molecule has 0 spiro atoms. The molecule has 1 amide bonds. The number of hydrogen-bond donors (Lipinski definition) is 2. The average molecular weight is 635 g/mol. The highest BCUT2D eigenvalue weighted by atomic mass is 19.1. The van der Waals surface area contributed by atoms with Gasteiger partial charge in [0.1, 0.15) is 11.4 Å². The van der Waals surface area contributed by atoms with Crippen molar-refractivity contribution >= 4 is 51.2 Å². The molecule has 1 aliphatic heterocycles. The molecule has 2 aromatic carbocycles. The van der Waals surface area contributed by atoms with Crippen molar-refractivity contribution in [2.75, 3.05) is 81.5 Å². The third-order valence-corrected chi connectivity index (χ3v) is 7.90. The third-order valence-electron chi connectivity index (χ3n) is 7.90. The van der Waals surface area contributed by atoms with Crippen LogP contribution in [0.2, 0.25) is 0 Å². The van der Waals surface area contributed by atoms with E-state index in [1.165, 1.54) is 26.5 Å². The number of hydrogen-bond acceptors (Lipinski definition) is 10. The summed E-state index contributed by atoms with van der Waals surface area (Å²) in [5, 5.41) is 6.57. The molecule has 2 N–H and O–H groups in total. The Bertz CT molecular complexity index is 1770. The summed E-state index contributed by atoms with van der Waals surface area (Å²) in [5.74, 6) is -4.40. The molecule has 13 heteroatoms. The molecule has 0 bridgehead atoms. The molecule has 0 saturated carbocycles. The SMILES string of the molecule is C=CC(=O)Nc1cc(N2CCN(CC)CC2)ccc1Nc1cc2c(N(C)C)c(C(=O)c3c(F)c(OC)cc(OC)c3F)oc2cn1. The number of anilines is 5. The number of ether oxygens (including phenoxy) is 2. The zero-order valence-corrected chi connectivity index (χ0v) is 26.4. The summed E-state index contributed by atoms with van der Waals surface area (Å²) in [5.41, 5.74) is 1.68. The molecule has 242 valence electrons. The van der Waals surface area contributed by atoms with Crippen LogP contribution in [0, 0.1) is 11.6 Å². The van der Waals surface area contributed by atoms with Gasteiger partial charge in [-0.2, -0.15) is 0 Å². The van der Waals surface area contributed by atoms with Crippen molar-refractivity contribution in [3.8, 4) is 11.5 Å². The van der Waals surface area contributed by atoms with Crippen LogP contribution in [-0.4, -0.2) is 82.6 Å². The third kappa shape index (κ3) is 6.18. The van der Waals surface area contributed by atoms with Crippen LogP contribution in [0.4, 0.5) is 37.3 Å². The fourth-order valence-corrected chi connectivity index (χ4v) is 5.44. The van der Waals surface area contributed by atoms with Gasteiger partial charge >= 0.3 is 0 Å². The minimum absolute atomic E-state index is 0.218. The Labute approximate surface area is 265 Å². The number of amides is 1. The lowest BCUT2D eigenvalue weighted by Gasteiger charge is -2.35. The number of nitrogens with zero attached hydrogens (tertiary/aromatic N) is 4. The summed E-state index contributed by atoms with van der Waals surface area (Å²) in [7, 11) is 5.75. The number of rotatable bonds is 11. The number of piperazine rings is 1. The Morgan fingerprint density at radius 1 is 1.04 bits per heavy atom. The van der Waals surface area contributed by atoms with Crippen LogP contribution in [0.3, 0.4) is 0 Å². The van der Waals surface area contributed by atoms with Gasteiger partial charge in [0.2, 0.25) is 11.7 Å². The largest absolute Gasteiger partial charge is 0.494 e. The van der Waals surface area contributed by atoms with E-state index in [1.54, 1.807) is 25.1 Å². The quantitative estimate of drug-likeness (QED) is 0.164. The number of likely N-dealkylation sites (N-methyl/N-ethyl adjacent to an activating group) is 1. The van der Waals surface area contributed by atoms with Crippen LogP contribution in [0.25, 0.3) is 11.0 Å². The molecule has 0 atom stereocenters. The van der Waals surface area contributed by atoms with Gasteiger partial charge in [-0.25, -0.2) is 13.8 Å². The van der Waals surface area contributed by atoms with Crippen LogP contribution < -0.4 is 29.9 Å². The number of fused-ring (bicyclic) bond motifs is 1. The zero-order valence-electron chi connectivity index (χ0n) is 26.4. The highest BCUT2D eigenvalue weighted by Crippen LogP contribution is 2.39. The number of carbonyl (C=O) groups excluding carboxylic acids is 2. The lowest BCUT2D eigenvalue weighted by Crippen LogP contribution is -2.46. The van der Waals surface area contributed by atoms with E-state index >= 15 is 8.78 Å². The van der Waals surface area contributed by atoms with Gasteiger partial charge in [-0.15, -0.1) is 0 Å². The molecule has 0 radical (unpaired) electrons. The summed E-state index contributed by atoms with van der Waals surface area (Å²) < 4.78 is 46.4. The van der Waals surface area contributed by atoms with E-state index in [4.69, 9.17) is 13.9 Å². The van der Waals surface area contributed by atoms with Crippen molar-refractivity contribution in [3.05, 3.63) is 72.1 Å². The molecule has 4 aromatic rings. The maximum absolute atomic E-state index is 15.3.